The van der Waals surface area contributed by atoms with Gasteiger partial charge in [-0.15, -0.1) is 0 Å². The summed E-state index contributed by atoms with van der Waals surface area (Å²) in [6.07, 6.45) is -2.88. The zero-order valence-electron chi connectivity index (χ0n) is 10.1. The number of rotatable bonds is 4. The van der Waals surface area contributed by atoms with Crippen LogP contribution in [0.25, 0.3) is 0 Å². The fourth-order valence-electron chi connectivity index (χ4n) is 1.42. The monoisotopic (exact) mass is 314 g/mol. The lowest BCUT2D eigenvalue weighted by atomic mass is 10.2. The number of hydrogen-bond acceptors (Lipinski definition) is 3. The van der Waals surface area contributed by atoms with Crippen molar-refractivity contribution >= 4 is 15.9 Å². The number of benzene rings is 1. The third-order valence-electron chi connectivity index (χ3n) is 2.30. The van der Waals surface area contributed by atoms with Crippen LogP contribution in [0.1, 0.15) is 10.4 Å². The average molecular weight is 314 g/mol. The van der Waals surface area contributed by atoms with Crippen molar-refractivity contribution in [2.24, 2.45) is 5.14 Å². The molecule has 0 radical (unpaired) electrons. The summed E-state index contributed by atoms with van der Waals surface area (Å²) in [5.74, 6) is -4.10. The van der Waals surface area contributed by atoms with Gasteiger partial charge in [0.05, 0.1) is 12.1 Å². The van der Waals surface area contributed by atoms with E-state index in [9.17, 15) is 30.8 Å². The molecule has 0 unspecified atom stereocenters. The van der Waals surface area contributed by atoms with Gasteiger partial charge in [0.2, 0.25) is 10.0 Å². The van der Waals surface area contributed by atoms with Gasteiger partial charge in [-0.2, -0.15) is 0 Å². The molecule has 0 saturated carbocycles. The van der Waals surface area contributed by atoms with E-state index in [1.54, 1.807) is 0 Å². The Morgan fingerprint density at radius 1 is 1.35 bits per heavy atom. The molecule has 1 aromatic carbocycles. The van der Waals surface area contributed by atoms with Crippen LogP contribution in [0.3, 0.4) is 0 Å². The Kier molecular flexibility index (Phi) is 4.71. The van der Waals surface area contributed by atoms with Crippen molar-refractivity contribution in [1.82, 2.24) is 4.90 Å². The first-order valence-corrected chi connectivity index (χ1v) is 6.64. The molecule has 1 aromatic rings. The number of halogens is 4. The zero-order valence-corrected chi connectivity index (χ0v) is 10.9. The molecule has 10 heteroatoms. The number of primary sulfonamides is 1. The zero-order chi connectivity index (χ0) is 15.7. The third kappa shape index (κ3) is 3.67. The maximum Gasteiger partial charge on any atom is 0.256 e. The first kappa shape index (κ1) is 16.4. The molecular weight excluding hydrogens is 304 g/mol. The summed E-state index contributed by atoms with van der Waals surface area (Å²) in [4.78, 5) is 10.9. The summed E-state index contributed by atoms with van der Waals surface area (Å²) in [5, 5.41) is 4.67. The van der Waals surface area contributed by atoms with Crippen LogP contribution in [0, 0.1) is 11.6 Å². The molecule has 0 saturated heterocycles. The van der Waals surface area contributed by atoms with Gasteiger partial charge in [-0.05, 0) is 12.1 Å². The molecule has 0 fully saturated rings. The van der Waals surface area contributed by atoms with Gasteiger partial charge in [0.15, 0.2) is 5.82 Å². The van der Waals surface area contributed by atoms with E-state index < -0.39 is 51.0 Å². The van der Waals surface area contributed by atoms with E-state index in [1.807, 2.05) is 0 Å². The second kappa shape index (κ2) is 5.75. The lowest BCUT2D eigenvalue weighted by Gasteiger charge is -2.17. The Morgan fingerprint density at radius 2 is 1.90 bits per heavy atom. The SMILES string of the molecule is CN(CC(F)F)C(=O)c1cc(F)cc(S(N)(=O)=O)c1F. The molecule has 5 nitrogen and oxygen atoms in total. The van der Waals surface area contributed by atoms with Gasteiger partial charge in [-0.3, -0.25) is 4.79 Å². The van der Waals surface area contributed by atoms with Crippen molar-refractivity contribution < 1.29 is 30.8 Å². The minimum Gasteiger partial charge on any atom is -0.336 e. The smallest absolute Gasteiger partial charge is 0.256 e. The highest BCUT2D eigenvalue weighted by atomic mass is 32.2. The number of hydrogen-bond donors (Lipinski definition) is 1. The molecule has 2 N–H and O–H groups in total. The quantitative estimate of drug-likeness (QED) is 0.840. The first-order valence-electron chi connectivity index (χ1n) is 5.09. The number of nitrogens with two attached hydrogens (primary N) is 1. The Balaban J connectivity index is 3.33. The molecule has 112 valence electrons. The number of carbonyl (C=O) groups is 1. The van der Waals surface area contributed by atoms with Gasteiger partial charge in [0.1, 0.15) is 10.7 Å². The number of sulfonamides is 1. The number of carbonyl (C=O) groups excluding carboxylic acids is 1. The van der Waals surface area contributed by atoms with Crippen molar-refractivity contribution in [2.45, 2.75) is 11.3 Å². The molecular formula is C10H10F4N2O3S. The fourth-order valence-corrected chi connectivity index (χ4v) is 2.06. The lowest BCUT2D eigenvalue weighted by Crippen LogP contribution is -2.32. The van der Waals surface area contributed by atoms with Crippen molar-refractivity contribution in [3.63, 3.8) is 0 Å². The van der Waals surface area contributed by atoms with E-state index in [0.29, 0.717) is 17.0 Å². The van der Waals surface area contributed by atoms with Gasteiger partial charge in [-0.25, -0.2) is 31.1 Å². The van der Waals surface area contributed by atoms with Crippen LogP contribution in [0.15, 0.2) is 17.0 Å². The maximum absolute atomic E-state index is 13.8. The summed E-state index contributed by atoms with van der Waals surface area (Å²) in [6, 6.07) is 0.711. The molecule has 0 atom stereocenters. The molecule has 0 aliphatic rings. The van der Waals surface area contributed by atoms with E-state index in [0.717, 1.165) is 7.05 Å². The van der Waals surface area contributed by atoms with Crippen LogP contribution in [-0.4, -0.2) is 39.2 Å². The predicted octanol–water partition coefficient (Wildman–Crippen LogP) is 0.949. The van der Waals surface area contributed by atoms with Gasteiger partial charge in [0, 0.05) is 7.05 Å². The van der Waals surface area contributed by atoms with E-state index in [4.69, 9.17) is 0 Å². The van der Waals surface area contributed by atoms with E-state index >= 15 is 0 Å². The molecule has 0 heterocycles. The molecule has 0 aromatic heterocycles. The Hall–Kier alpha value is -1.68. The van der Waals surface area contributed by atoms with Crippen LogP contribution in [0.5, 0.6) is 0 Å². The largest absolute Gasteiger partial charge is 0.336 e. The normalized spacial score (nSPS) is 11.8. The van der Waals surface area contributed by atoms with Crippen molar-refractivity contribution in [3.8, 4) is 0 Å². The summed E-state index contributed by atoms with van der Waals surface area (Å²) >= 11 is 0. The standard InChI is InChI=1S/C10H10F4N2O3S/c1-16(4-8(12)13)10(17)6-2-5(11)3-7(9(6)14)20(15,18)19/h2-3,8H,4H2,1H3,(H2,15,18,19). The van der Waals surface area contributed by atoms with Gasteiger partial charge in [0.25, 0.3) is 12.3 Å². The van der Waals surface area contributed by atoms with E-state index in [1.165, 1.54) is 0 Å². The summed E-state index contributed by atoms with van der Waals surface area (Å²) in [7, 11) is -3.65. The molecule has 0 aliphatic carbocycles. The highest BCUT2D eigenvalue weighted by Crippen LogP contribution is 2.20. The lowest BCUT2D eigenvalue weighted by molar-refractivity contribution is 0.0615. The molecule has 0 aliphatic heterocycles. The number of alkyl halides is 2. The van der Waals surface area contributed by atoms with E-state index in [-0.39, 0.29) is 0 Å². The highest BCUT2D eigenvalue weighted by Gasteiger charge is 2.26. The first-order chi connectivity index (χ1) is 9.04. The Morgan fingerprint density at radius 3 is 2.35 bits per heavy atom. The minimum atomic E-state index is -4.59. The second-order valence-electron chi connectivity index (χ2n) is 3.89. The molecule has 0 bridgehead atoms. The van der Waals surface area contributed by atoms with Crippen molar-refractivity contribution in [2.75, 3.05) is 13.6 Å². The molecule has 0 spiro atoms. The van der Waals surface area contributed by atoms with Gasteiger partial charge >= 0.3 is 0 Å². The Bertz CT molecular complexity index is 634. The number of amides is 1. The summed E-state index contributed by atoms with van der Waals surface area (Å²) < 4.78 is 73.4. The summed E-state index contributed by atoms with van der Waals surface area (Å²) in [6.45, 7) is -1.01. The van der Waals surface area contributed by atoms with Gasteiger partial charge < -0.3 is 4.90 Å². The maximum atomic E-state index is 13.8. The predicted molar refractivity (Wildman–Crippen MR) is 60.7 cm³/mol. The van der Waals surface area contributed by atoms with Crippen LogP contribution in [0.4, 0.5) is 17.6 Å². The molecule has 1 amide bonds. The van der Waals surface area contributed by atoms with Crippen molar-refractivity contribution in [1.29, 1.82) is 0 Å². The fraction of sp³-hybridized carbons (Fsp3) is 0.300. The summed E-state index contributed by atoms with van der Waals surface area (Å²) in [5.41, 5.74) is -0.989. The second-order valence-corrected chi connectivity index (χ2v) is 5.42. The van der Waals surface area contributed by atoms with Crippen LogP contribution in [0.2, 0.25) is 0 Å². The topological polar surface area (TPSA) is 80.5 Å². The molecule has 20 heavy (non-hydrogen) atoms. The highest BCUT2D eigenvalue weighted by molar-refractivity contribution is 7.89. The van der Waals surface area contributed by atoms with Crippen LogP contribution < -0.4 is 5.14 Å². The van der Waals surface area contributed by atoms with E-state index in [2.05, 4.69) is 5.14 Å². The Labute approximate surface area is 112 Å². The minimum absolute atomic E-state index is 0.300. The number of nitrogens with zero attached hydrogens (tertiary/aromatic N) is 1. The van der Waals surface area contributed by atoms with Gasteiger partial charge in [-0.1, -0.05) is 0 Å². The third-order valence-corrected chi connectivity index (χ3v) is 3.21. The average Bonchev–Trinajstić information content (AvgIpc) is 2.28. The molecule has 1 rings (SSSR count). The van der Waals surface area contributed by atoms with Crippen molar-refractivity contribution in [3.05, 3.63) is 29.3 Å². The van der Waals surface area contributed by atoms with Crippen LogP contribution >= 0.6 is 0 Å². The van der Waals surface area contributed by atoms with Crippen LogP contribution in [-0.2, 0) is 10.0 Å².